The van der Waals surface area contributed by atoms with Crippen molar-refractivity contribution >= 4 is 28.6 Å². The SMILES string of the molecule is Cc1ccc(N2C(=O)c3cc4occc4n3C[C@@]2(C)C(=O)NC2CCCCC2)c(C)c1. The number of carbonyl (C=O) groups excluding carboxylic acids is 2. The Bertz CT molecular complexity index is 1170. The number of anilines is 1. The van der Waals surface area contributed by atoms with Crippen LogP contribution in [0.3, 0.4) is 0 Å². The van der Waals surface area contributed by atoms with Crippen molar-refractivity contribution in [2.75, 3.05) is 4.90 Å². The molecular weight excluding hydrogens is 390 g/mol. The molecular formula is C25H29N3O3. The van der Waals surface area contributed by atoms with E-state index in [2.05, 4.69) is 11.4 Å². The molecule has 3 aromatic rings. The summed E-state index contributed by atoms with van der Waals surface area (Å²) in [6, 6.07) is 9.83. The zero-order valence-electron chi connectivity index (χ0n) is 18.4. The first-order chi connectivity index (χ1) is 14.9. The normalized spacial score (nSPS) is 22.0. The summed E-state index contributed by atoms with van der Waals surface area (Å²) in [7, 11) is 0. The number of fused-ring (bicyclic) bond motifs is 3. The van der Waals surface area contributed by atoms with E-state index in [1.165, 1.54) is 6.42 Å². The molecule has 2 aromatic heterocycles. The summed E-state index contributed by atoms with van der Waals surface area (Å²) in [6.45, 7) is 6.29. The molecule has 162 valence electrons. The average molecular weight is 420 g/mol. The highest BCUT2D eigenvalue weighted by Crippen LogP contribution is 2.38. The first-order valence-corrected chi connectivity index (χ1v) is 11.2. The van der Waals surface area contributed by atoms with Crippen molar-refractivity contribution in [2.24, 2.45) is 0 Å². The van der Waals surface area contributed by atoms with Crippen molar-refractivity contribution in [3.8, 4) is 0 Å². The number of amides is 2. The van der Waals surface area contributed by atoms with Crippen molar-refractivity contribution in [1.82, 2.24) is 9.88 Å². The summed E-state index contributed by atoms with van der Waals surface area (Å²) in [6.07, 6.45) is 7.12. The van der Waals surface area contributed by atoms with E-state index >= 15 is 0 Å². The van der Waals surface area contributed by atoms with Crippen LogP contribution in [-0.4, -0.2) is 28.0 Å². The van der Waals surface area contributed by atoms with E-state index in [0.29, 0.717) is 17.8 Å². The Morgan fingerprint density at radius 1 is 1.13 bits per heavy atom. The minimum atomic E-state index is -1.05. The number of aryl methyl sites for hydroxylation is 2. The molecule has 2 amide bonds. The summed E-state index contributed by atoms with van der Waals surface area (Å²) in [4.78, 5) is 29.3. The van der Waals surface area contributed by atoms with E-state index in [9.17, 15) is 9.59 Å². The topological polar surface area (TPSA) is 67.5 Å². The molecule has 0 saturated heterocycles. The standard InChI is InChI=1S/C25H29N3O3/c1-16-9-10-19(17(2)13-16)28-23(29)21-14-22-20(11-12-31-22)27(21)15-25(28,3)24(30)26-18-7-5-4-6-8-18/h9-14,18H,4-8,15H2,1-3H3,(H,26,30)/t25-/m0/s1. The van der Waals surface area contributed by atoms with Gasteiger partial charge < -0.3 is 14.3 Å². The van der Waals surface area contributed by atoms with Gasteiger partial charge in [-0.15, -0.1) is 0 Å². The summed E-state index contributed by atoms with van der Waals surface area (Å²) < 4.78 is 7.49. The van der Waals surface area contributed by atoms with Gasteiger partial charge in [0.2, 0.25) is 5.91 Å². The second-order valence-electron chi connectivity index (χ2n) is 9.30. The minimum absolute atomic E-state index is 0.0938. The first kappa shape index (κ1) is 19.9. The van der Waals surface area contributed by atoms with E-state index in [4.69, 9.17) is 4.42 Å². The highest BCUT2D eigenvalue weighted by Gasteiger charge is 2.49. The quantitative estimate of drug-likeness (QED) is 0.668. The van der Waals surface area contributed by atoms with Crippen molar-refractivity contribution < 1.29 is 14.0 Å². The monoisotopic (exact) mass is 419 g/mol. The van der Waals surface area contributed by atoms with E-state index in [-0.39, 0.29) is 17.9 Å². The van der Waals surface area contributed by atoms with Gasteiger partial charge in [-0.1, -0.05) is 37.0 Å². The van der Waals surface area contributed by atoms with Crippen molar-refractivity contribution in [1.29, 1.82) is 0 Å². The third kappa shape index (κ3) is 3.16. The van der Waals surface area contributed by atoms with Gasteiger partial charge in [0.05, 0.1) is 18.3 Å². The second kappa shape index (κ2) is 7.29. The molecule has 1 fully saturated rings. The maximum absolute atomic E-state index is 13.8. The lowest BCUT2D eigenvalue weighted by molar-refractivity contribution is -0.127. The van der Waals surface area contributed by atoms with Crippen LogP contribution in [0.1, 0.15) is 60.6 Å². The Balaban J connectivity index is 1.62. The molecule has 0 radical (unpaired) electrons. The van der Waals surface area contributed by atoms with Crippen LogP contribution in [-0.2, 0) is 11.3 Å². The predicted molar refractivity (Wildman–Crippen MR) is 120 cm³/mol. The number of nitrogens with zero attached hydrogens (tertiary/aromatic N) is 2. The number of benzene rings is 1. The van der Waals surface area contributed by atoms with Crippen LogP contribution in [0.15, 0.2) is 41.0 Å². The fourth-order valence-electron chi connectivity index (χ4n) is 5.23. The number of furan rings is 1. The average Bonchev–Trinajstić information content (AvgIpc) is 3.33. The molecule has 2 aliphatic rings. The van der Waals surface area contributed by atoms with Crippen LogP contribution >= 0.6 is 0 Å². The lowest BCUT2D eigenvalue weighted by atomic mass is 9.90. The molecule has 31 heavy (non-hydrogen) atoms. The molecule has 1 saturated carbocycles. The van der Waals surface area contributed by atoms with Gasteiger partial charge in [-0.05, 0) is 45.2 Å². The van der Waals surface area contributed by atoms with E-state index in [0.717, 1.165) is 48.0 Å². The van der Waals surface area contributed by atoms with E-state index in [1.807, 2.05) is 43.5 Å². The third-order valence-corrected chi connectivity index (χ3v) is 6.93. The van der Waals surface area contributed by atoms with Crippen LogP contribution < -0.4 is 10.2 Å². The first-order valence-electron chi connectivity index (χ1n) is 11.2. The van der Waals surface area contributed by atoms with Crippen molar-refractivity contribution in [2.45, 2.75) is 71.0 Å². The molecule has 1 atom stereocenters. The third-order valence-electron chi connectivity index (χ3n) is 6.93. The molecule has 1 aliphatic heterocycles. The molecule has 5 rings (SSSR count). The molecule has 6 nitrogen and oxygen atoms in total. The second-order valence-corrected chi connectivity index (χ2v) is 9.30. The summed E-state index contributed by atoms with van der Waals surface area (Å²) in [5.74, 6) is -0.269. The van der Waals surface area contributed by atoms with Gasteiger partial charge >= 0.3 is 0 Å². The molecule has 0 bridgehead atoms. The van der Waals surface area contributed by atoms with Crippen molar-refractivity contribution in [3.05, 3.63) is 53.4 Å². The van der Waals surface area contributed by atoms with Crippen LogP contribution in [0.4, 0.5) is 5.69 Å². The van der Waals surface area contributed by atoms with Crippen molar-refractivity contribution in [3.63, 3.8) is 0 Å². The van der Waals surface area contributed by atoms with Gasteiger partial charge in [-0.25, -0.2) is 0 Å². The summed E-state index contributed by atoms with van der Waals surface area (Å²) >= 11 is 0. The Morgan fingerprint density at radius 3 is 2.65 bits per heavy atom. The largest absolute Gasteiger partial charge is 0.463 e. The van der Waals surface area contributed by atoms with E-state index < -0.39 is 5.54 Å². The van der Waals surface area contributed by atoms with Crippen LogP contribution in [0.2, 0.25) is 0 Å². The van der Waals surface area contributed by atoms with Crippen LogP contribution in [0.5, 0.6) is 0 Å². The molecule has 6 heteroatoms. The van der Waals surface area contributed by atoms with Crippen LogP contribution in [0.25, 0.3) is 11.1 Å². The Labute approximate surface area is 182 Å². The van der Waals surface area contributed by atoms with E-state index in [1.54, 1.807) is 17.2 Å². The van der Waals surface area contributed by atoms with Gasteiger partial charge in [0, 0.05) is 23.9 Å². The fourth-order valence-corrected chi connectivity index (χ4v) is 5.23. The molecule has 1 aromatic carbocycles. The smallest absolute Gasteiger partial charge is 0.276 e. The highest BCUT2D eigenvalue weighted by molar-refractivity contribution is 6.14. The number of carbonyl (C=O) groups is 2. The molecule has 1 aliphatic carbocycles. The number of hydrogen-bond acceptors (Lipinski definition) is 3. The fraction of sp³-hybridized carbons (Fsp3) is 0.440. The van der Waals surface area contributed by atoms with Gasteiger partial charge in [0.25, 0.3) is 5.91 Å². The predicted octanol–water partition coefficient (Wildman–Crippen LogP) is 4.72. The van der Waals surface area contributed by atoms with Crippen LogP contribution in [0, 0.1) is 13.8 Å². The molecule has 0 unspecified atom stereocenters. The molecule has 3 heterocycles. The number of hydrogen-bond donors (Lipinski definition) is 1. The Hall–Kier alpha value is -3.02. The minimum Gasteiger partial charge on any atom is -0.463 e. The van der Waals surface area contributed by atoms with Gasteiger partial charge in [0.1, 0.15) is 11.2 Å². The number of rotatable bonds is 3. The Morgan fingerprint density at radius 2 is 1.90 bits per heavy atom. The number of nitrogens with one attached hydrogen (secondary N) is 1. The maximum atomic E-state index is 13.8. The molecule has 1 N–H and O–H groups in total. The molecule has 0 spiro atoms. The number of aromatic nitrogens is 1. The van der Waals surface area contributed by atoms with Gasteiger partial charge in [-0.3, -0.25) is 14.5 Å². The zero-order chi connectivity index (χ0) is 21.8. The van der Waals surface area contributed by atoms with Gasteiger partial charge in [-0.2, -0.15) is 0 Å². The zero-order valence-corrected chi connectivity index (χ0v) is 18.4. The lowest BCUT2D eigenvalue weighted by Crippen LogP contribution is -2.65. The maximum Gasteiger partial charge on any atom is 0.276 e. The van der Waals surface area contributed by atoms with Gasteiger partial charge in [0.15, 0.2) is 5.58 Å². The lowest BCUT2D eigenvalue weighted by Gasteiger charge is -2.45. The summed E-state index contributed by atoms with van der Waals surface area (Å²) in [5, 5.41) is 3.28. The highest BCUT2D eigenvalue weighted by atomic mass is 16.3. The Kier molecular flexibility index (Phi) is 4.68. The summed E-state index contributed by atoms with van der Waals surface area (Å²) in [5.41, 5.74) is 3.90.